The van der Waals surface area contributed by atoms with E-state index in [4.69, 9.17) is 23.2 Å². The Morgan fingerprint density at radius 3 is 2.90 bits per heavy atom. The van der Waals surface area contributed by atoms with Crippen molar-refractivity contribution in [3.63, 3.8) is 0 Å². The van der Waals surface area contributed by atoms with Crippen molar-refractivity contribution in [2.45, 2.75) is 26.2 Å². The minimum Gasteiger partial charge on any atom is -0.476 e. The summed E-state index contributed by atoms with van der Waals surface area (Å²) in [6.07, 6.45) is 2.53. The number of hydrogen-bond donors (Lipinski definition) is 1. The zero-order valence-electron chi connectivity index (χ0n) is 11.4. The molecule has 1 aromatic carbocycles. The van der Waals surface area contributed by atoms with Gasteiger partial charge in [-0.2, -0.15) is 5.10 Å². The maximum absolute atomic E-state index is 11.4. The molecule has 6 heteroatoms. The lowest BCUT2D eigenvalue weighted by Gasteiger charge is -2.20. The van der Waals surface area contributed by atoms with Crippen molar-refractivity contribution >= 4 is 29.2 Å². The van der Waals surface area contributed by atoms with E-state index in [9.17, 15) is 9.90 Å². The second-order valence-electron chi connectivity index (χ2n) is 5.41. The van der Waals surface area contributed by atoms with Gasteiger partial charge in [0, 0.05) is 11.3 Å². The molecular weight excluding hydrogens is 311 g/mol. The third-order valence-corrected chi connectivity index (χ3v) is 4.69. The van der Waals surface area contributed by atoms with Crippen molar-refractivity contribution in [2.24, 2.45) is 5.92 Å². The van der Waals surface area contributed by atoms with E-state index in [1.807, 2.05) is 0 Å². The second-order valence-corrected chi connectivity index (χ2v) is 6.20. The number of carboxylic acid groups (broad SMARTS) is 1. The van der Waals surface area contributed by atoms with Crippen molar-refractivity contribution in [3.8, 4) is 5.69 Å². The average molecular weight is 325 g/mol. The molecule has 0 spiro atoms. The first-order valence-corrected chi connectivity index (χ1v) is 7.53. The van der Waals surface area contributed by atoms with E-state index in [0.29, 0.717) is 21.7 Å². The molecule has 0 bridgehead atoms. The molecule has 1 aliphatic rings. The first-order valence-electron chi connectivity index (χ1n) is 6.77. The van der Waals surface area contributed by atoms with Crippen LogP contribution in [-0.2, 0) is 12.8 Å². The number of nitrogens with zero attached hydrogens (tertiary/aromatic N) is 2. The first-order chi connectivity index (χ1) is 9.99. The molecule has 2 aromatic rings. The van der Waals surface area contributed by atoms with E-state index in [1.165, 1.54) is 0 Å². The summed E-state index contributed by atoms with van der Waals surface area (Å²) in [7, 11) is 0. The number of rotatable bonds is 2. The summed E-state index contributed by atoms with van der Waals surface area (Å²) < 4.78 is 1.64. The van der Waals surface area contributed by atoms with Crippen LogP contribution in [0.2, 0.25) is 10.0 Å². The van der Waals surface area contributed by atoms with Gasteiger partial charge in [-0.1, -0.05) is 36.2 Å². The van der Waals surface area contributed by atoms with Gasteiger partial charge in [-0.05, 0) is 37.3 Å². The minimum absolute atomic E-state index is 0.118. The Hall–Kier alpha value is -1.52. The maximum Gasteiger partial charge on any atom is 0.356 e. The van der Waals surface area contributed by atoms with Crippen molar-refractivity contribution < 1.29 is 9.90 Å². The summed E-state index contributed by atoms with van der Waals surface area (Å²) in [4.78, 5) is 11.4. The molecule has 3 rings (SSSR count). The lowest BCUT2D eigenvalue weighted by Crippen LogP contribution is -2.14. The normalized spacial score (nSPS) is 17.6. The Labute approximate surface area is 132 Å². The molecule has 1 N–H and O–H groups in total. The summed E-state index contributed by atoms with van der Waals surface area (Å²) in [6, 6.07) is 5.28. The zero-order chi connectivity index (χ0) is 15.1. The molecule has 1 heterocycles. The highest BCUT2D eigenvalue weighted by Gasteiger charge is 2.28. The van der Waals surface area contributed by atoms with E-state index in [2.05, 4.69) is 12.0 Å². The van der Waals surface area contributed by atoms with Crippen LogP contribution in [0.4, 0.5) is 0 Å². The number of fused-ring (bicyclic) bond motifs is 1. The fourth-order valence-corrected chi connectivity index (χ4v) is 3.19. The highest BCUT2D eigenvalue weighted by atomic mass is 35.5. The van der Waals surface area contributed by atoms with Gasteiger partial charge in [-0.25, -0.2) is 9.48 Å². The van der Waals surface area contributed by atoms with Gasteiger partial charge in [-0.15, -0.1) is 0 Å². The Kier molecular flexibility index (Phi) is 3.68. The van der Waals surface area contributed by atoms with Crippen LogP contribution in [0, 0.1) is 5.92 Å². The van der Waals surface area contributed by atoms with Crippen LogP contribution >= 0.6 is 23.2 Å². The van der Waals surface area contributed by atoms with Gasteiger partial charge in [0.1, 0.15) is 0 Å². The van der Waals surface area contributed by atoms with Gasteiger partial charge in [0.25, 0.3) is 0 Å². The lowest BCUT2D eigenvalue weighted by atomic mass is 9.87. The standard InChI is InChI=1S/C15H14Cl2N2O2/c1-8-5-6-11-9(7-8)14(15(20)21)18-19(11)12-4-2-3-10(16)13(12)17/h2-4,8H,5-7H2,1H3,(H,20,21). The van der Waals surface area contributed by atoms with Crippen LogP contribution in [-0.4, -0.2) is 20.9 Å². The number of aromatic carboxylic acids is 1. The fourth-order valence-electron chi connectivity index (χ4n) is 2.82. The third kappa shape index (κ3) is 2.43. The molecule has 0 saturated carbocycles. The van der Waals surface area contributed by atoms with E-state index in [1.54, 1.807) is 22.9 Å². The molecular formula is C15H14Cl2N2O2. The molecule has 21 heavy (non-hydrogen) atoms. The summed E-state index contributed by atoms with van der Waals surface area (Å²) in [6.45, 7) is 2.12. The zero-order valence-corrected chi connectivity index (χ0v) is 12.9. The summed E-state index contributed by atoms with van der Waals surface area (Å²) >= 11 is 12.3. The van der Waals surface area contributed by atoms with Crippen molar-refractivity contribution in [1.82, 2.24) is 9.78 Å². The van der Waals surface area contributed by atoms with E-state index in [-0.39, 0.29) is 5.69 Å². The fraction of sp³-hybridized carbons (Fsp3) is 0.333. The molecule has 0 fully saturated rings. The van der Waals surface area contributed by atoms with Crippen molar-refractivity contribution in [2.75, 3.05) is 0 Å². The number of halogens is 2. The molecule has 1 aliphatic carbocycles. The number of carboxylic acids is 1. The smallest absolute Gasteiger partial charge is 0.356 e. The topological polar surface area (TPSA) is 55.1 Å². The Balaban J connectivity index is 2.22. The Bertz CT molecular complexity index is 725. The number of benzene rings is 1. The van der Waals surface area contributed by atoms with Gasteiger partial charge in [0.15, 0.2) is 5.69 Å². The molecule has 0 saturated heterocycles. The predicted molar refractivity (Wildman–Crippen MR) is 81.7 cm³/mol. The van der Waals surface area contributed by atoms with Crippen molar-refractivity contribution in [3.05, 3.63) is 45.2 Å². The maximum atomic E-state index is 11.4. The van der Waals surface area contributed by atoms with Crippen molar-refractivity contribution in [1.29, 1.82) is 0 Å². The molecule has 0 aliphatic heterocycles. The summed E-state index contributed by atoms with van der Waals surface area (Å²) in [5.74, 6) is -0.541. The third-order valence-electron chi connectivity index (χ3n) is 3.88. The molecule has 1 unspecified atom stereocenters. The molecule has 110 valence electrons. The average Bonchev–Trinajstić information content (AvgIpc) is 2.80. The first kappa shape index (κ1) is 14.4. The molecule has 4 nitrogen and oxygen atoms in total. The summed E-state index contributed by atoms with van der Waals surface area (Å²) in [5.41, 5.74) is 2.49. The van der Waals surface area contributed by atoms with Crippen LogP contribution in [0.25, 0.3) is 5.69 Å². The van der Waals surface area contributed by atoms with Crippen LogP contribution in [0.3, 0.4) is 0 Å². The number of aromatic nitrogens is 2. The number of hydrogen-bond acceptors (Lipinski definition) is 2. The Morgan fingerprint density at radius 2 is 2.19 bits per heavy atom. The van der Waals surface area contributed by atoms with Crippen LogP contribution in [0.5, 0.6) is 0 Å². The van der Waals surface area contributed by atoms with Gasteiger partial charge >= 0.3 is 5.97 Å². The molecule has 1 atom stereocenters. The quantitative estimate of drug-likeness (QED) is 0.908. The van der Waals surface area contributed by atoms with Gasteiger partial charge in [0.05, 0.1) is 15.7 Å². The molecule has 0 radical (unpaired) electrons. The van der Waals surface area contributed by atoms with E-state index in [0.717, 1.165) is 30.5 Å². The van der Waals surface area contributed by atoms with Gasteiger partial charge in [-0.3, -0.25) is 0 Å². The Morgan fingerprint density at radius 1 is 1.43 bits per heavy atom. The predicted octanol–water partition coefficient (Wildman–Crippen LogP) is 4.00. The highest BCUT2D eigenvalue weighted by Crippen LogP contribution is 2.34. The van der Waals surface area contributed by atoms with E-state index < -0.39 is 5.97 Å². The van der Waals surface area contributed by atoms with Gasteiger partial charge < -0.3 is 5.11 Å². The SMILES string of the molecule is CC1CCc2c(c(C(=O)O)nn2-c2cccc(Cl)c2Cl)C1. The monoisotopic (exact) mass is 324 g/mol. The van der Waals surface area contributed by atoms with Crippen LogP contribution < -0.4 is 0 Å². The lowest BCUT2D eigenvalue weighted by molar-refractivity contribution is 0.0688. The van der Waals surface area contributed by atoms with Crippen LogP contribution in [0.15, 0.2) is 18.2 Å². The van der Waals surface area contributed by atoms with Gasteiger partial charge in [0.2, 0.25) is 0 Å². The summed E-state index contributed by atoms with van der Waals surface area (Å²) in [5, 5.41) is 14.5. The number of carbonyl (C=O) groups is 1. The van der Waals surface area contributed by atoms with E-state index >= 15 is 0 Å². The highest BCUT2D eigenvalue weighted by molar-refractivity contribution is 6.43. The molecule has 1 aromatic heterocycles. The van der Waals surface area contributed by atoms with Crippen LogP contribution in [0.1, 0.15) is 35.1 Å². The second kappa shape index (κ2) is 5.35. The largest absolute Gasteiger partial charge is 0.476 e. The minimum atomic E-state index is -1.00. The molecule has 0 amide bonds.